The normalized spacial score (nSPS) is 12.6. The first-order valence-corrected chi connectivity index (χ1v) is 7.28. The van der Waals surface area contributed by atoms with E-state index in [0.717, 1.165) is 28.6 Å². The van der Waals surface area contributed by atoms with Crippen molar-refractivity contribution in [1.29, 1.82) is 0 Å². The fraction of sp³-hybridized carbons (Fsp3) is 0.429. The van der Waals surface area contributed by atoms with Crippen LogP contribution in [-0.2, 0) is 0 Å². The molecule has 2 rings (SSSR count). The van der Waals surface area contributed by atoms with Crippen LogP contribution < -0.4 is 5.32 Å². The minimum Gasteiger partial charge on any atom is -0.419 e. The van der Waals surface area contributed by atoms with Crippen molar-refractivity contribution in [3.63, 3.8) is 0 Å². The first kappa shape index (κ1) is 14.2. The lowest BCUT2D eigenvalue weighted by atomic mass is 10.1. The number of benzene rings is 1. The summed E-state index contributed by atoms with van der Waals surface area (Å²) in [5, 5.41) is 11.6. The fourth-order valence-electron chi connectivity index (χ4n) is 2.00. The zero-order chi connectivity index (χ0) is 13.8. The van der Waals surface area contributed by atoms with Crippen LogP contribution in [0.3, 0.4) is 0 Å². The highest BCUT2D eigenvalue weighted by Gasteiger charge is 2.17. The summed E-state index contributed by atoms with van der Waals surface area (Å²) < 4.78 is 6.84. The van der Waals surface area contributed by atoms with Gasteiger partial charge in [-0.15, -0.1) is 10.2 Å². The van der Waals surface area contributed by atoms with E-state index >= 15 is 0 Å². The van der Waals surface area contributed by atoms with Gasteiger partial charge in [-0.2, -0.15) is 0 Å². The van der Waals surface area contributed by atoms with Gasteiger partial charge in [0, 0.05) is 10.0 Å². The van der Waals surface area contributed by atoms with Crippen LogP contribution in [0.4, 0.5) is 0 Å². The number of rotatable bonds is 5. The van der Waals surface area contributed by atoms with Crippen LogP contribution in [0.2, 0.25) is 0 Å². The second-order valence-electron chi connectivity index (χ2n) is 4.42. The summed E-state index contributed by atoms with van der Waals surface area (Å²) >= 11 is 3.45. The van der Waals surface area contributed by atoms with Crippen LogP contribution in [-0.4, -0.2) is 16.7 Å². The van der Waals surface area contributed by atoms with E-state index in [1.54, 1.807) is 0 Å². The quantitative estimate of drug-likeness (QED) is 0.907. The van der Waals surface area contributed by atoms with E-state index in [0.29, 0.717) is 11.8 Å². The molecule has 1 aromatic heterocycles. The van der Waals surface area contributed by atoms with E-state index in [4.69, 9.17) is 4.42 Å². The average molecular weight is 324 g/mol. The lowest BCUT2D eigenvalue weighted by Gasteiger charge is -2.10. The van der Waals surface area contributed by atoms with E-state index in [9.17, 15) is 0 Å². The second-order valence-corrected chi connectivity index (χ2v) is 5.34. The Morgan fingerprint density at radius 2 is 2.11 bits per heavy atom. The standard InChI is InChI=1S/C14H18BrN3O/c1-4-12(16-5-2)14-18-17-13(19-14)11-7-6-10(15)8-9(11)3/h6-8,12,16H,4-5H2,1-3H3. The maximum absolute atomic E-state index is 5.80. The third-order valence-corrected chi connectivity index (χ3v) is 3.51. The first-order chi connectivity index (χ1) is 9.15. The first-order valence-electron chi connectivity index (χ1n) is 6.49. The van der Waals surface area contributed by atoms with Crippen molar-refractivity contribution in [2.75, 3.05) is 6.54 Å². The Morgan fingerprint density at radius 1 is 1.32 bits per heavy atom. The van der Waals surface area contributed by atoms with Crippen molar-refractivity contribution >= 4 is 15.9 Å². The zero-order valence-electron chi connectivity index (χ0n) is 11.4. The number of aromatic nitrogens is 2. The van der Waals surface area contributed by atoms with Gasteiger partial charge in [0.05, 0.1) is 6.04 Å². The zero-order valence-corrected chi connectivity index (χ0v) is 13.0. The summed E-state index contributed by atoms with van der Waals surface area (Å²) in [6, 6.07) is 6.14. The summed E-state index contributed by atoms with van der Waals surface area (Å²) in [5.74, 6) is 1.23. The Bertz CT molecular complexity index is 553. The number of hydrogen-bond acceptors (Lipinski definition) is 4. The molecule has 102 valence electrons. The van der Waals surface area contributed by atoms with Gasteiger partial charge in [0.2, 0.25) is 11.8 Å². The van der Waals surface area contributed by atoms with E-state index in [1.807, 2.05) is 25.1 Å². The van der Waals surface area contributed by atoms with Crippen molar-refractivity contribution in [1.82, 2.24) is 15.5 Å². The Morgan fingerprint density at radius 3 is 2.74 bits per heavy atom. The van der Waals surface area contributed by atoms with Gasteiger partial charge in [-0.3, -0.25) is 0 Å². The van der Waals surface area contributed by atoms with Crippen molar-refractivity contribution in [3.05, 3.63) is 34.1 Å². The van der Waals surface area contributed by atoms with E-state index in [-0.39, 0.29) is 6.04 Å². The SMILES string of the molecule is CCNC(CC)c1nnc(-c2ccc(Br)cc2C)o1. The molecule has 0 saturated carbocycles. The molecule has 0 fully saturated rings. The molecule has 0 aliphatic heterocycles. The summed E-state index contributed by atoms with van der Waals surface area (Å²) in [4.78, 5) is 0. The molecule has 0 saturated heterocycles. The molecule has 1 aromatic carbocycles. The molecule has 0 radical (unpaired) electrons. The van der Waals surface area contributed by atoms with Crippen molar-refractivity contribution < 1.29 is 4.42 Å². The van der Waals surface area contributed by atoms with Crippen LogP contribution in [0.5, 0.6) is 0 Å². The van der Waals surface area contributed by atoms with Crippen LogP contribution in [0, 0.1) is 6.92 Å². The maximum Gasteiger partial charge on any atom is 0.248 e. The molecule has 0 bridgehead atoms. The average Bonchev–Trinajstić information content (AvgIpc) is 2.85. The highest BCUT2D eigenvalue weighted by Crippen LogP contribution is 2.26. The number of nitrogens with zero attached hydrogens (tertiary/aromatic N) is 2. The molecule has 2 aromatic rings. The van der Waals surface area contributed by atoms with Crippen LogP contribution in [0.15, 0.2) is 27.1 Å². The molecule has 1 unspecified atom stereocenters. The lowest BCUT2D eigenvalue weighted by molar-refractivity contribution is 0.402. The van der Waals surface area contributed by atoms with Gasteiger partial charge >= 0.3 is 0 Å². The van der Waals surface area contributed by atoms with Crippen molar-refractivity contribution in [3.8, 4) is 11.5 Å². The van der Waals surface area contributed by atoms with Crippen LogP contribution >= 0.6 is 15.9 Å². The second kappa shape index (κ2) is 6.30. The molecule has 0 amide bonds. The van der Waals surface area contributed by atoms with Crippen molar-refractivity contribution in [2.24, 2.45) is 0 Å². The monoisotopic (exact) mass is 323 g/mol. The summed E-state index contributed by atoms with van der Waals surface area (Å²) in [5.41, 5.74) is 2.09. The van der Waals surface area contributed by atoms with Gasteiger partial charge in [0.25, 0.3) is 0 Å². The molecule has 0 aliphatic rings. The highest BCUT2D eigenvalue weighted by molar-refractivity contribution is 9.10. The Labute approximate surface area is 121 Å². The molecule has 0 aliphatic carbocycles. The third kappa shape index (κ3) is 3.22. The largest absolute Gasteiger partial charge is 0.419 e. The minimum atomic E-state index is 0.127. The van der Waals surface area contributed by atoms with Gasteiger partial charge in [0.15, 0.2) is 0 Å². The van der Waals surface area contributed by atoms with Gasteiger partial charge < -0.3 is 9.73 Å². The molecule has 1 N–H and O–H groups in total. The predicted octanol–water partition coefficient (Wildman–Crippen LogP) is 3.87. The Hall–Kier alpha value is -1.20. The highest BCUT2D eigenvalue weighted by atomic mass is 79.9. The van der Waals surface area contributed by atoms with Gasteiger partial charge in [0.1, 0.15) is 0 Å². The Kier molecular flexibility index (Phi) is 4.71. The van der Waals surface area contributed by atoms with E-state index in [2.05, 4.69) is 45.3 Å². The number of aryl methyl sites for hydroxylation is 1. The fourth-order valence-corrected chi connectivity index (χ4v) is 2.48. The number of hydrogen-bond donors (Lipinski definition) is 1. The summed E-state index contributed by atoms with van der Waals surface area (Å²) in [7, 11) is 0. The minimum absolute atomic E-state index is 0.127. The molecule has 1 heterocycles. The number of nitrogens with one attached hydrogen (secondary N) is 1. The molecule has 19 heavy (non-hydrogen) atoms. The van der Waals surface area contributed by atoms with Crippen LogP contribution in [0.25, 0.3) is 11.5 Å². The molecular formula is C14H18BrN3O. The van der Waals surface area contributed by atoms with Gasteiger partial charge in [-0.05, 0) is 43.7 Å². The molecular weight excluding hydrogens is 306 g/mol. The summed E-state index contributed by atoms with van der Waals surface area (Å²) in [6.07, 6.45) is 0.925. The van der Waals surface area contributed by atoms with Gasteiger partial charge in [-0.25, -0.2) is 0 Å². The molecule has 0 spiro atoms. The molecule has 5 heteroatoms. The number of halogens is 1. The van der Waals surface area contributed by atoms with Gasteiger partial charge in [-0.1, -0.05) is 29.8 Å². The predicted molar refractivity (Wildman–Crippen MR) is 78.9 cm³/mol. The van der Waals surface area contributed by atoms with E-state index < -0.39 is 0 Å². The molecule has 4 nitrogen and oxygen atoms in total. The topological polar surface area (TPSA) is 51.0 Å². The summed E-state index contributed by atoms with van der Waals surface area (Å²) in [6.45, 7) is 7.08. The molecule has 1 atom stereocenters. The Balaban J connectivity index is 2.29. The van der Waals surface area contributed by atoms with Crippen LogP contribution in [0.1, 0.15) is 37.8 Å². The smallest absolute Gasteiger partial charge is 0.248 e. The van der Waals surface area contributed by atoms with Crippen molar-refractivity contribution in [2.45, 2.75) is 33.2 Å². The maximum atomic E-state index is 5.80. The lowest BCUT2D eigenvalue weighted by Crippen LogP contribution is -2.20. The third-order valence-electron chi connectivity index (χ3n) is 3.02. The van der Waals surface area contributed by atoms with E-state index in [1.165, 1.54) is 0 Å².